The van der Waals surface area contributed by atoms with E-state index in [0.29, 0.717) is 0 Å². The third-order valence-corrected chi connectivity index (χ3v) is 1.81. The number of rotatable bonds is 2. The van der Waals surface area contributed by atoms with E-state index in [1.165, 1.54) is 0 Å². The molecular weight excluding hydrogens is 173 g/mol. The quantitative estimate of drug-likeness (QED) is 0.651. The Morgan fingerprint density at radius 1 is 1.33 bits per heavy atom. The molecule has 0 bridgehead atoms. The topological polar surface area (TPSA) is 69.1 Å². The van der Waals surface area contributed by atoms with Crippen LogP contribution in [0.2, 0.25) is 0 Å². The van der Waals surface area contributed by atoms with Gasteiger partial charge in [0.25, 0.3) is 0 Å². The second-order valence-corrected chi connectivity index (χ2v) is 3.10. The lowest BCUT2D eigenvalue weighted by Gasteiger charge is -2.31. The van der Waals surface area contributed by atoms with Crippen molar-refractivity contribution < 1.29 is 18.0 Å². The number of primary amides is 1. The summed E-state index contributed by atoms with van der Waals surface area (Å²) in [6, 6.07) is -1.71. The molecule has 0 spiro atoms. The smallest absolute Gasteiger partial charge is 0.368 e. The molecule has 0 aromatic heterocycles. The summed E-state index contributed by atoms with van der Waals surface area (Å²) in [5.74, 6) is -1.16. The van der Waals surface area contributed by atoms with Crippen LogP contribution in [0.1, 0.15) is 13.8 Å². The average molecular weight is 184 g/mol. The Hall–Kier alpha value is -0.780. The molecule has 0 saturated carbocycles. The van der Waals surface area contributed by atoms with E-state index in [9.17, 15) is 18.0 Å². The van der Waals surface area contributed by atoms with E-state index in [4.69, 9.17) is 5.73 Å². The first kappa shape index (κ1) is 11.2. The minimum Gasteiger partial charge on any atom is -0.368 e. The van der Waals surface area contributed by atoms with Gasteiger partial charge in [-0.2, -0.15) is 13.2 Å². The van der Waals surface area contributed by atoms with Crippen LogP contribution in [0.3, 0.4) is 0 Å². The number of carbonyl (C=O) groups is 1. The molecule has 0 saturated heterocycles. The minimum atomic E-state index is -4.53. The summed E-state index contributed by atoms with van der Waals surface area (Å²) in [7, 11) is 0. The lowest BCUT2D eigenvalue weighted by molar-refractivity contribution is -0.217. The van der Waals surface area contributed by atoms with Gasteiger partial charge in [-0.05, 0) is 13.8 Å². The zero-order valence-electron chi connectivity index (χ0n) is 6.77. The van der Waals surface area contributed by atoms with Crippen LogP contribution >= 0.6 is 0 Å². The van der Waals surface area contributed by atoms with Crippen molar-refractivity contribution in [2.24, 2.45) is 16.9 Å². The molecule has 0 aliphatic carbocycles. The van der Waals surface area contributed by atoms with Gasteiger partial charge in [0.15, 0.2) is 0 Å². The van der Waals surface area contributed by atoms with Gasteiger partial charge in [-0.1, -0.05) is 0 Å². The zero-order valence-corrected chi connectivity index (χ0v) is 6.77. The molecule has 1 unspecified atom stereocenters. The fraction of sp³-hybridized carbons (Fsp3) is 0.833. The Morgan fingerprint density at radius 2 is 1.67 bits per heavy atom. The van der Waals surface area contributed by atoms with Gasteiger partial charge in [-0.25, -0.2) is 0 Å². The maximum absolute atomic E-state index is 12.2. The van der Waals surface area contributed by atoms with Crippen LogP contribution in [0, 0.1) is 5.41 Å². The van der Waals surface area contributed by atoms with Gasteiger partial charge >= 0.3 is 6.18 Å². The third kappa shape index (κ3) is 1.88. The standard InChI is InChI=1S/C6H11F3N2O/c1-5(2,6(7,8)9)3(10)4(11)12/h3H,10H2,1-2H3,(H2,11,12). The van der Waals surface area contributed by atoms with Crippen molar-refractivity contribution in [3.05, 3.63) is 0 Å². The molecule has 0 radical (unpaired) electrons. The SMILES string of the molecule is CC(C)(C(N)C(N)=O)C(F)(F)F. The summed E-state index contributed by atoms with van der Waals surface area (Å²) < 4.78 is 36.5. The fourth-order valence-electron chi connectivity index (χ4n) is 0.532. The highest BCUT2D eigenvalue weighted by Gasteiger charge is 2.53. The number of hydrogen-bond donors (Lipinski definition) is 2. The van der Waals surface area contributed by atoms with Crippen molar-refractivity contribution in [3.63, 3.8) is 0 Å². The van der Waals surface area contributed by atoms with E-state index >= 15 is 0 Å². The Labute approximate surface area is 67.9 Å². The van der Waals surface area contributed by atoms with Crippen LogP contribution in [0.15, 0.2) is 0 Å². The van der Waals surface area contributed by atoms with Crippen LogP contribution in [0.25, 0.3) is 0 Å². The number of hydrogen-bond acceptors (Lipinski definition) is 2. The molecule has 0 rings (SSSR count). The number of nitrogens with two attached hydrogens (primary N) is 2. The van der Waals surface area contributed by atoms with Crippen LogP contribution in [0.4, 0.5) is 13.2 Å². The molecule has 0 aliphatic heterocycles. The Kier molecular flexibility index (Phi) is 2.74. The van der Waals surface area contributed by atoms with Crippen molar-refractivity contribution in [1.29, 1.82) is 0 Å². The first-order chi connectivity index (χ1) is 5.10. The van der Waals surface area contributed by atoms with E-state index in [1.807, 2.05) is 0 Å². The zero-order chi connectivity index (χ0) is 10.2. The van der Waals surface area contributed by atoms with Gasteiger partial charge in [-0.3, -0.25) is 4.79 Å². The highest BCUT2D eigenvalue weighted by Crippen LogP contribution is 2.39. The molecule has 0 aromatic rings. The number of amides is 1. The summed E-state index contributed by atoms with van der Waals surface area (Å²) in [5.41, 5.74) is 7.36. The van der Waals surface area contributed by atoms with Crippen LogP contribution in [-0.2, 0) is 4.79 Å². The maximum Gasteiger partial charge on any atom is 0.395 e. The minimum absolute atomic E-state index is 0.836. The summed E-state index contributed by atoms with van der Waals surface area (Å²) in [4.78, 5) is 10.4. The second kappa shape index (κ2) is 2.93. The molecule has 1 amide bonds. The summed E-state index contributed by atoms with van der Waals surface area (Å²) in [5, 5.41) is 0. The summed E-state index contributed by atoms with van der Waals surface area (Å²) in [6.07, 6.45) is -4.53. The van der Waals surface area contributed by atoms with E-state index < -0.39 is 23.5 Å². The fourth-order valence-corrected chi connectivity index (χ4v) is 0.532. The molecule has 0 aliphatic rings. The van der Waals surface area contributed by atoms with Gasteiger partial charge in [0.05, 0.1) is 11.5 Å². The summed E-state index contributed by atoms with van der Waals surface area (Å²) in [6.45, 7) is 1.67. The van der Waals surface area contributed by atoms with Gasteiger partial charge < -0.3 is 11.5 Å². The van der Waals surface area contributed by atoms with Crippen molar-refractivity contribution in [3.8, 4) is 0 Å². The molecule has 0 aromatic carbocycles. The van der Waals surface area contributed by atoms with Crippen molar-refractivity contribution in [2.45, 2.75) is 26.1 Å². The lowest BCUT2D eigenvalue weighted by atomic mass is 9.84. The van der Waals surface area contributed by atoms with Gasteiger partial charge in [0, 0.05) is 0 Å². The van der Waals surface area contributed by atoms with E-state index in [1.54, 1.807) is 0 Å². The Morgan fingerprint density at radius 3 is 1.75 bits per heavy atom. The molecular formula is C6H11F3N2O. The highest BCUT2D eigenvalue weighted by molar-refractivity contribution is 5.80. The third-order valence-electron chi connectivity index (χ3n) is 1.81. The van der Waals surface area contributed by atoms with Gasteiger partial charge in [-0.15, -0.1) is 0 Å². The predicted molar refractivity (Wildman–Crippen MR) is 37.0 cm³/mol. The predicted octanol–water partition coefficient (Wildman–Crippen LogP) is 0.387. The van der Waals surface area contributed by atoms with Gasteiger partial charge in [0.1, 0.15) is 0 Å². The van der Waals surface area contributed by atoms with Crippen LogP contribution in [-0.4, -0.2) is 18.1 Å². The first-order valence-corrected chi connectivity index (χ1v) is 3.22. The molecule has 12 heavy (non-hydrogen) atoms. The largest absolute Gasteiger partial charge is 0.395 e. The number of alkyl halides is 3. The monoisotopic (exact) mass is 184 g/mol. The normalized spacial score (nSPS) is 15.8. The van der Waals surface area contributed by atoms with Crippen molar-refractivity contribution in [2.75, 3.05) is 0 Å². The number of halogens is 3. The van der Waals surface area contributed by atoms with Crippen molar-refractivity contribution in [1.82, 2.24) is 0 Å². The van der Waals surface area contributed by atoms with E-state index in [2.05, 4.69) is 5.73 Å². The molecule has 1 atom stereocenters. The molecule has 0 fully saturated rings. The van der Waals surface area contributed by atoms with Crippen molar-refractivity contribution >= 4 is 5.91 Å². The summed E-state index contributed by atoms with van der Waals surface area (Å²) >= 11 is 0. The van der Waals surface area contributed by atoms with E-state index in [0.717, 1.165) is 13.8 Å². The average Bonchev–Trinajstić information content (AvgIpc) is 1.83. The molecule has 72 valence electrons. The van der Waals surface area contributed by atoms with Crippen LogP contribution in [0.5, 0.6) is 0 Å². The highest BCUT2D eigenvalue weighted by atomic mass is 19.4. The molecule has 4 N–H and O–H groups in total. The number of carbonyl (C=O) groups excluding carboxylic acids is 1. The molecule has 3 nitrogen and oxygen atoms in total. The first-order valence-electron chi connectivity index (χ1n) is 3.22. The second-order valence-electron chi connectivity index (χ2n) is 3.10. The molecule has 0 heterocycles. The maximum atomic E-state index is 12.2. The Balaban J connectivity index is 4.73. The van der Waals surface area contributed by atoms with Gasteiger partial charge in [0.2, 0.25) is 5.91 Å². The van der Waals surface area contributed by atoms with E-state index in [-0.39, 0.29) is 0 Å². The molecule has 6 heteroatoms. The Bertz CT molecular complexity index is 188. The van der Waals surface area contributed by atoms with Crippen LogP contribution < -0.4 is 11.5 Å². The lowest BCUT2D eigenvalue weighted by Crippen LogP contribution is -2.54.